The first kappa shape index (κ1) is 12.9. The van der Waals surface area contributed by atoms with Gasteiger partial charge in [0.1, 0.15) is 0 Å². The van der Waals surface area contributed by atoms with Crippen LogP contribution in [0.15, 0.2) is 18.2 Å². The Kier molecular flexibility index (Phi) is 4.24. The van der Waals surface area contributed by atoms with Crippen LogP contribution in [0.3, 0.4) is 0 Å². The normalized spacial score (nSPS) is 16.5. The van der Waals surface area contributed by atoms with Crippen molar-refractivity contribution in [2.24, 2.45) is 5.92 Å². The van der Waals surface area contributed by atoms with Crippen molar-refractivity contribution < 1.29 is 4.79 Å². The Morgan fingerprint density at radius 2 is 2.06 bits per heavy atom. The Morgan fingerprint density at radius 1 is 1.33 bits per heavy atom. The zero-order valence-electron chi connectivity index (χ0n) is 11.0. The highest BCUT2D eigenvalue weighted by atomic mass is 16.1. The molecule has 3 nitrogen and oxygen atoms in total. The molecule has 1 aliphatic carbocycles. The Bertz CT molecular complexity index is 423. The second-order valence-corrected chi connectivity index (χ2v) is 5.25. The van der Waals surface area contributed by atoms with Crippen molar-refractivity contribution in [2.75, 3.05) is 12.3 Å². The number of amides is 1. The third kappa shape index (κ3) is 3.03. The summed E-state index contributed by atoms with van der Waals surface area (Å²) in [6.45, 7) is 2.71. The fourth-order valence-corrected chi connectivity index (χ4v) is 2.60. The molecule has 1 amide bonds. The molecule has 1 fully saturated rings. The summed E-state index contributed by atoms with van der Waals surface area (Å²) >= 11 is 0. The number of hydrogen-bond acceptors (Lipinski definition) is 2. The molecule has 0 spiro atoms. The average Bonchev–Trinajstić information content (AvgIpc) is 2.40. The molecule has 0 atom stereocenters. The predicted molar refractivity (Wildman–Crippen MR) is 74.5 cm³/mol. The summed E-state index contributed by atoms with van der Waals surface area (Å²) in [6.07, 6.45) is 6.42. The van der Waals surface area contributed by atoms with Crippen molar-refractivity contribution in [3.05, 3.63) is 29.3 Å². The molecule has 0 bridgehead atoms. The van der Waals surface area contributed by atoms with E-state index in [1.54, 1.807) is 6.07 Å². The van der Waals surface area contributed by atoms with Crippen LogP contribution >= 0.6 is 0 Å². The third-order valence-electron chi connectivity index (χ3n) is 3.84. The Labute approximate surface area is 109 Å². The Hall–Kier alpha value is -1.51. The van der Waals surface area contributed by atoms with E-state index in [-0.39, 0.29) is 5.91 Å². The van der Waals surface area contributed by atoms with Crippen molar-refractivity contribution >= 4 is 11.6 Å². The predicted octanol–water partition coefficient (Wildman–Crippen LogP) is 2.89. The lowest BCUT2D eigenvalue weighted by molar-refractivity contribution is 0.0944. The van der Waals surface area contributed by atoms with Gasteiger partial charge in [-0.2, -0.15) is 0 Å². The lowest BCUT2D eigenvalue weighted by atomic mass is 9.89. The molecule has 0 aromatic heterocycles. The number of benzene rings is 1. The molecule has 3 heteroatoms. The van der Waals surface area contributed by atoms with Crippen molar-refractivity contribution in [3.63, 3.8) is 0 Å². The largest absolute Gasteiger partial charge is 0.398 e. The van der Waals surface area contributed by atoms with E-state index in [0.717, 1.165) is 12.1 Å². The first-order chi connectivity index (χ1) is 8.68. The maximum Gasteiger partial charge on any atom is 0.253 e. The molecular weight excluding hydrogens is 224 g/mol. The summed E-state index contributed by atoms with van der Waals surface area (Å²) in [5.41, 5.74) is 8.09. The molecule has 0 heterocycles. The molecule has 3 N–H and O–H groups in total. The minimum absolute atomic E-state index is 0.0400. The van der Waals surface area contributed by atoms with E-state index in [2.05, 4.69) is 5.32 Å². The minimum Gasteiger partial charge on any atom is -0.398 e. The smallest absolute Gasteiger partial charge is 0.253 e. The maximum atomic E-state index is 12.1. The molecule has 1 aromatic rings. The first-order valence-electron chi connectivity index (χ1n) is 6.82. The molecule has 1 aliphatic rings. The zero-order chi connectivity index (χ0) is 13.0. The Balaban J connectivity index is 1.93. The van der Waals surface area contributed by atoms with E-state index in [9.17, 15) is 4.79 Å². The van der Waals surface area contributed by atoms with Crippen LogP contribution in [0.4, 0.5) is 5.69 Å². The van der Waals surface area contributed by atoms with E-state index >= 15 is 0 Å². The molecular formula is C15H22N2O. The standard InChI is InChI=1S/C15H22N2O/c1-11-6-5-9-13(14(11)16)15(18)17-10-12-7-3-2-4-8-12/h5-6,9,12H,2-4,7-8,10,16H2,1H3,(H,17,18). The summed E-state index contributed by atoms with van der Waals surface area (Å²) in [7, 11) is 0. The monoisotopic (exact) mass is 246 g/mol. The van der Waals surface area contributed by atoms with Gasteiger partial charge in [0.25, 0.3) is 5.91 Å². The third-order valence-corrected chi connectivity index (χ3v) is 3.84. The minimum atomic E-state index is -0.0400. The van der Waals surface area contributed by atoms with Gasteiger partial charge < -0.3 is 11.1 Å². The molecule has 2 rings (SSSR count). The second-order valence-electron chi connectivity index (χ2n) is 5.25. The molecule has 0 radical (unpaired) electrons. The van der Waals surface area contributed by atoms with Gasteiger partial charge in [-0.1, -0.05) is 31.4 Å². The van der Waals surface area contributed by atoms with Gasteiger partial charge in [-0.25, -0.2) is 0 Å². The van der Waals surface area contributed by atoms with Gasteiger partial charge in [-0.3, -0.25) is 4.79 Å². The molecule has 0 unspecified atom stereocenters. The number of carbonyl (C=O) groups excluding carboxylic acids is 1. The number of nitrogens with two attached hydrogens (primary N) is 1. The lowest BCUT2D eigenvalue weighted by Gasteiger charge is -2.22. The van der Waals surface area contributed by atoms with Crippen LogP contribution in [0.25, 0.3) is 0 Å². The van der Waals surface area contributed by atoms with Gasteiger partial charge in [-0.15, -0.1) is 0 Å². The summed E-state index contributed by atoms with van der Waals surface area (Å²) < 4.78 is 0. The van der Waals surface area contributed by atoms with Gasteiger partial charge in [0.05, 0.1) is 5.56 Å². The summed E-state index contributed by atoms with van der Waals surface area (Å²) in [5, 5.41) is 3.02. The molecule has 18 heavy (non-hydrogen) atoms. The fourth-order valence-electron chi connectivity index (χ4n) is 2.60. The number of anilines is 1. The van der Waals surface area contributed by atoms with Crippen LogP contribution in [0.1, 0.15) is 48.0 Å². The van der Waals surface area contributed by atoms with E-state index < -0.39 is 0 Å². The van der Waals surface area contributed by atoms with E-state index in [4.69, 9.17) is 5.73 Å². The highest BCUT2D eigenvalue weighted by Crippen LogP contribution is 2.23. The van der Waals surface area contributed by atoms with E-state index in [1.165, 1.54) is 32.1 Å². The number of aryl methyl sites for hydroxylation is 1. The fraction of sp³-hybridized carbons (Fsp3) is 0.533. The number of rotatable bonds is 3. The first-order valence-corrected chi connectivity index (χ1v) is 6.82. The summed E-state index contributed by atoms with van der Waals surface area (Å²) in [6, 6.07) is 5.59. The van der Waals surface area contributed by atoms with Crippen LogP contribution in [0.5, 0.6) is 0 Å². The van der Waals surface area contributed by atoms with Gasteiger partial charge in [0, 0.05) is 12.2 Å². The highest BCUT2D eigenvalue weighted by molar-refractivity contribution is 5.99. The molecule has 1 aromatic carbocycles. The van der Waals surface area contributed by atoms with Crippen molar-refractivity contribution in [3.8, 4) is 0 Å². The lowest BCUT2D eigenvalue weighted by Crippen LogP contribution is -2.30. The van der Waals surface area contributed by atoms with Crippen LogP contribution < -0.4 is 11.1 Å². The van der Waals surface area contributed by atoms with E-state index in [1.807, 2.05) is 19.1 Å². The quantitative estimate of drug-likeness (QED) is 0.806. The zero-order valence-corrected chi connectivity index (χ0v) is 11.0. The van der Waals surface area contributed by atoms with Gasteiger partial charge >= 0.3 is 0 Å². The van der Waals surface area contributed by atoms with Crippen LogP contribution in [0.2, 0.25) is 0 Å². The number of nitrogen functional groups attached to an aromatic ring is 1. The van der Waals surface area contributed by atoms with Crippen LogP contribution in [-0.2, 0) is 0 Å². The van der Waals surface area contributed by atoms with Crippen molar-refractivity contribution in [1.82, 2.24) is 5.32 Å². The molecule has 1 saturated carbocycles. The van der Waals surface area contributed by atoms with E-state index in [0.29, 0.717) is 17.2 Å². The van der Waals surface area contributed by atoms with Crippen molar-refractivity contribution in [1.29, 1.82) is 0 Å². The number of para-hydroxylation sites is 1. The van der Waals surface area contributed by atoms with Gasteiger partial charge in [0.2, 0.25) is 0 Å². The topological polar surface area (TPSA) is 55.1 Å². The number of nitrogens with one attached hydrogen (secondary N) is 1. The van der Waals surface area contributed by atoms with Gasteiger partial charge in [-0.05, 0) is 37.3 Å². The maximum absolute atomic E-state index is 12.1. The van der Waals surface area contributed by atoms with Crippen LogP contribution in [-0.4, -0.2) is 12.5 Å². The molecule has 98 valence electrons. The second kappa shape index (κ2) is 5.89. The summed E-state index contributed by atoms with van der Waals surface area (Å²) in [4.78, 5) is 12.1. The van der Waals surface area contributed by atoms with Crippen molar-refractivity contribution in [2.45, 2.75) is 39.0 Å². The SMILES string of the molecule is Cc1cccc(C(=O)NCC2CCCCC2)c1N. The van der Waals surface area contributed by atoms with Crippen LogP contribution in [0, 0.1) is 12.8 Å². The average molecular weight is 246 g/mol. The molecule has 0 saturated heterocycles. The number of hydrogen-bond donors (Lipinski definition) is 2. The highest BCUT2D eigenvalue weighted by Gasteiger charge is 2.16. The van der Waals surface area contributed by atoms with Gasteiger partial charge in [0.15, 0.2) is 0 Å². The molecule has 0 aliphatic heterocycles. The number of carbonyl (C=O) groups is 1. The summed E-state index contributed by atoms with van der Waals surface area (Å²) in [5.74, 6) is 0.607. The Morgan fingerprint density at radius 3 is 2.78 bits per heavy atom.